The second-order valence-electron chi connectivity index (χ2n) is 2.76. The van der Waals surface area contributed by atoms with Crippen LogP contribution in [0.1, 0.15) is 42.5 Å². The summed E-state index contributed by atoms with van der Waals surface area (Å²) < 4.78 is 0. The lowest BCUT2D eigenvalue weighted by Crippen LogP contribution is -2.25. The number of amides is 1. The Morgan fingerprint density at radius 3 is 2.47 bits per heavy atom. The van der Waals surface area contributed by atoms with Gasteiger partial charge in [-0.1, -0.05) is 32.8 Å². The van der Waals surface area contributed by atoms with Gasteiger partial charge < -0.3 is 5.32 Å². The quantitative estimate of drug-likeness (QED) is 0.457. The maximum absolute atomic E-state index is 11.5. The molecule has 0 aliphatic heterocycles. The highest BCUT2D eigenvalue weighted by atomic mass is 16.1. The van der Waals surface area contributed by atoms with E-state index < -0.39 is 0 Å². The maximum atomic E-state index is 11.5. The zero-order valence-electron chi connectivity index (χ0n) is 11.6. The fourth-order valence-corrected chi connectivity index (χ4v) is 0.868. The number of allylic oxidation sites excluding steroid dienone is 1. The Morgan fingerprint density at radius 1 is 1.35 bits per heavy atom. The van der Waals surface area contributed by atoms with Gasteiger partial charge in [0.05, 0.1) is 12.1 Å². The first kappa shape index (κ1) is 17.8. The topological polar surface area (TPSA) is 41.5 Å². The molecule has 0 saturated carbocycles. The van der Waals surface area contributed by atoms with Crippen molar-refractivity contribution in [2.24, 2.45) is 4.99 Å². The van der Waals surface area contributed by atoms with E-state index in [0.29, 0.717) is 18.7 Å². The van der Waals surface area contributed by atoms with E-state index in [1.807, 2.05) is 34.6 Å². The molecule has 0 rings (SSSR count). The Morgan fingerprint density at radius 2 is 2.00 bits per heavy atom. The van der Waals surface area contributed by atoms with Gasteiger partial charge in [-0.25, -0.2) is 0 Å². The largest absolute Gasteiger partial charge is 0.341 e. The van der Waals surface area contributed by atoms with E-state index in [1.54, 1.807) is 12.3 Å². The van der Waals surface area contributed by atoms with E-state index in [4.69, 9.17) is 0 Å². The van der Waals surface area contributed by atoms with Crippen LogP contribution < -0.4 is 5.32 Å². The van der Waals surface area contributed by atoms with Gasteiger partial charge >= 0.3 is 0 Å². The molecule has 0 radical (unpaired) electrons. The molecule has 17 heavy (non-hydrogen) atoms. The second kappa shape index (κ2) is 14.4. The van der Waals surface area contributed by atoms with Crippen molar-refractivity contribution < 1.29 is 6.22 Å². The summed E-state index contributed by atoms with van der Waals surface area (Å²) in [6, 6.07) is 0. The number of nitrogens with zero attached hydrogens (tertiary/aromatic N) is 1. The molecule has 0 spiro atoms. The molecule has 0 saturated heterocycles. The standard InChI is InChI=1S/C12H18N2O.C2H6.H2/c1-4-7-8-9-14-12(15)11(5-2)10-13-6-3;1-2;/h5,10H,4,6,9H2,1-3H3,(H,14,15);1-2H3;1H/b11-5+,13-10?;;. The normalized spacial score (nSPS) is 10.1. The molecule has 1 N–H and O–H groups in total. The summed E-state index contributed by atoms with van der Waals surface area (Å²) in [7, 11) is 0. The van der Waals surface area contributed by atoms with Gasteiger partial charge in [-0.3, -0.25) is 9.79 Å². The first-order valence-corrected chi connectivity index (χ1v) is 6.16. The molecule has 3 nitrogen and oxygen atoms in total. The Balaban J connectivity index is -0.000000709. The fourth-order valence-electron chi connectivity index (χ4n) is 0.868. The Bertz CT molecular complexity index is 311. The zero-order chi connectivity index (χ0) is 13.5. The molecule has 0 heterocycles. The van der Waals surface area contributed by atoms with Crippen molar-refractivity contribution >= 4 is 12.1 Å². The monoisotopic (exact) mass is 238 g/mol. The molecule has 0 aromatic carbocycles. The van der Waals surface area contributed by atoms with Gasteiger partial charge in [0, 0.05) is 20.6 Å². The van der Waals surface area contributed by atoms with Crippen LogP contribution >= 0.6 is 0 Å². The van der Waals surface area contributed by atoms with Gasteiger partial charge in [-0.05, 0) is 13.8 Å². The van der Waals surface area contributed by atoms with Crippen molar-refractivity contribution in [1.29, 1.82) is 0 Å². The molecule has 0 bridgehead atoms. The van der Waals surface area contributed by atoms with Gasteiger partial charge in [-0.2, -0.15) is 0 Å². The van der Waals surface area contributed by atoms with Crippen LogP contribution in [-0.4, -0.2) is 25.2 Å². The lowest BCUT2D eigenvalue weighted by Gasteiger charge is -2.00. The lowest BCUT2D eigenvalue weighted by atomic mass is 10.2. The molecular formula is C14H26N2O. The van der Waals surface area contributed by atoms with Crippen LogP contribution in [0.2, 0.25) is 0 Å². The third-order valence-corrected chi connectivity index (χ3v) is 1.63. The SMILES string of the molecule is C/C=C(\C=NCC)C(=O)NCC#CCC.CC.[HH]. The van der Waals surface area contributed by atoms with E-state index in [9.17, 15) is 4.79 Å². The molecule has 0 aromatic heterocycles. The average molecular weight is 238 g/mol. The number of hydrogen-bond acceptors (Lipinski definition) is 2. The van der Waals surface area contributed by atoms with Crippen molar-refractivity contribution in [3.8, 4) is 11.8 Å². The molecule has 0 aliphatic carbocycles. The number of hydrogen-bond donors (Lipinski definition) is 1. The number of nitrogens with one attached hydrogen (secondary N) is 1. The van der Waals surface area contributed by atoms with Gasteiger partial charge in [0.2, 0.25) is 0 Å². The number of carbonyl (C=O) groups is 1. The van der Waals surface area contributed by atoms with Crippen LogP contribution in [0.25, 0.3) is 0 Å². The van der Waals surface area contributed by atoms with Crippen molar-refractivity contribution in [2.75, 3.05) is 13.1 Å². The predicted octanol–water partition coefficient (Wildman–Crippen LogP) is 2.83. The highest BCUT2D eigenvalue weighted by molar-refractivity contribution is 6.12. The Labute approximate surface area is 107 Å². The highest BCUT2D eigenvalue weighted by Gasteiger charge is 2.03. The third kappa shape index (κ3) is 10.7. The molecule has 98 valence electrons. The van der Waals surface area contributed by atoms with E-state index in [0.717, 1.165) is 6.42 Å². The molecule has 0 fully saturated rings. The molecular weight excluding hydrogens is 212 g/mol. The maximum Gasteiger partial charge on any atom is 0.253 e. The van der Waals surface area contributed by atoms with Crippen molar-refractivity contribution in [2.45, 2.75) is 41.0 Å². The summed E-state index contributed by atoms with van der Waals surface area (Å²) >= 11 is 0. The van der Waals surface area contributed by atoms with Gasteiger partial charge in [0.15, 0.2) is 0 Å². The summed E-state index contributed by atoms with van der Waals surface area (Å²) in [5, 5.41) is 2.71. The third-order valence-electron chi connectivity index (χ3n) is 1.63. The van der Waals surface area contributed by atoms with E-state index >= 15 is 0 Å². The van der Waals surface area contributed by atoms with Gasteiger partial charge in [0.25, 0.3) is 5.91 Å². The number of aliphatic imine (C=N–C) groups is 1. The second-order valence-corrected chi connectivity index (χ2v) is 2.76. The van der Waals surface area contributed by atoms with Crippen LogP contribution in [0.15, 0.2) is 16.6 Å². The summed E-state index contributed by atoms with van der Waals surface area (Å²) in [5.41, 5.74) is 0.579. The van der Waals surface area contributed by atoms with Crippen LogP contribution in [0.5, 0.6) is 0 Å². The number of rotatable bonds is 4. The minimum Gasteiger partial charge on any atom is -0.341 e. The zero-order valence-corrected chi connectivity index (χ0v) is 11.6. The van der Waals surface area contributed by atoms with Crippen molar-refractivity contribution in [1.82, 2.24) is 5.32 Å². The molecule has 0 atom stereocenters. The molecule has 0 aromatic rings. The van der Waals surface area contributed by atoms with Crippen LogP contribution in [-0.2, 0) is 4.79 Å². The summed E-state index contributed by atoms with van der Waals surface area (Å²) in [5.74, 6) is 5.61. The summed E-state index contributed by atoms with van der Waals surface area (Å²) in [6.07, 6.45) is 4.13. The van der Waals surface area contributed by atoms with Gasteiger partial charge in [0.1, 0.15) is 0 Å². The lowest BCUT2D eigenvalue weighted by molar-refractivity contribution is -0.116. The van der Waals surface area contributed by atoms with E-state index in [1.165, 1.54) is 0 Å². The molecule has 3 heteroatoms. The van der Waals surface area contributed by atoms with Crippen LogP contribution in [0.3, 0.4) is 0 Å². The van der Waals surface area contributed by atoms with Crippen molar-refractivity contribution in [3.05, 3.63) is 11.6 Å². The number of carbonyl (C=O) groups excluding carboxylic acids is 1. The average Bonchev–Trinajstić information content (AvgIpc) is 2.38. The summed E-state index contributed by atoms with van der Waals surface area (Å²) in [4.78, 5) is 15.5. The molecule has 1 amide bonds. The van der Waals surface area contributed by atoms with Crippen LogP contribution in [0, 0.1) is 11.8 Å². The Kier molecular flexibility index (Phi) is 15.1. The molecule has 0 unspecified atom stereocenters. The van der Waals surface area contributed by atoms with Gasteiger partial charge in [-0.15, -0.1) is 5.92 Å². The van der Waals surface area contributed by atoms with E-state index in [-0.39, 0.29) is 7.33 Å². The first-order valence-electron chi connectivity index (χ1n) is 6.16. The predicted molar refractivity (Wildman–Crippen MR) is 77.3 cm³/mol. The molecule has 0 aliphatic rings. The van der Waals surface area contributed by atoms with E-state index in [2.05, 4.69) is 22.2 Å². The van der Waals surface area contributed by atoms with Crippen molar-refractivity contribution in [3.63, 3.8) is 0 Å². The first-order chi connectivity index (χ1) is 8.26. The fraction of sp³-hybridized carbons (Fsp3) is 0.571. The minimum atomic E-state index is -0.125. The smallest absolute Gasteiger partial charge is 0.253 e. The Hall–Kier alpha value is -1.56. The summed E-state index contributed by atoms with van der Waals surface area (Å²) in [6.45, 7) is 10.8. The highest BCUT2D eigenvalue weighted by Crippen LogP contribution is 1.90. The minimum absolute atomic E-state index is 0. The van der Waals surface area contributed by atoms with Crippen LogP contribution in [0.4, 0.5) is 0 Å².